The molecule has 7 nitrogen and oxygen atoms in total. The molecule has 1 amide bonds. The highest BCUT2D eigenvalue weighted by Gasteiger charge is 2.34. The van der Waals surface area contributed by atoms with Gasteiger partial charge in [-0.2, -0.15) is 0 Å². The van der Waals surface area contributed by atoms with E-state index in [9.17, 15) is 4.79 Å². The highest BCUT2D eigenvalue weighted by Crippen LogP contribution is 2.31. The molecule has 0 atom stereocenters. The van der Waals surface area contributed by atoms with Crippen molar-refractivity contribution in [2.45, 2.75) is 56.3 Å². The topological polar surface area (TPSA) is 73.1 Å². The van der Waals surface area contributed by atoms with Crippen LogP contribution in [0.5, 0.6) is 0 Å². The van der Waals surface area contributed by atoms with Crippen molar-refractivity contribution >= 4 is 17.7 Å². The first-order chi connectivity index (χ1) is 10.6. The van der Waals surface area contributed by atoms with E-state index in [-0.39, 0.29) is 11.4 Å². The van der Waals surface area contributed by atoms with Crippen LogP contribution in [0, 0.1) is 0 Å². The van der Waals surface area contributed by atoms with Gasteiger partial charge in [-0.15, -0.1) is 5.10 Å². The van der Waals surface area contributed by atoms with Crippen LogP contribution >= 0.6 is 11.8 Å². The van der Waals surface area contributed by atoms with Crippen LogP contribution in [0.2, 0.25) is 0 Å². The van der Waals surface area contributed by atoms with Gasteiger partial charge in [0.1, 0.15) is 0 Å². The van der Waals surface area contributed by atoms with Crippen LogP contribution in [0.3, 0.4) is 0 Å². The quantitative estimate of drug-likeness (QED) is 0.782. The summed E-state index contributed by atoms with van der Waals surface area (Å²) in [6.45, 7) is 5.93. The molecule has 1 saturated heterocycles. The van der Waals surface area contributed by atoms with Gasteiger partial charge in [0.2, 0.25) is 11.1 Å². The fourth-order valence-corrected chi connectivity index (χ4v) is 4.00. The van der Waals surface area contributed by atoms with Gasteiger partial charge in [-0.1, -0.05) is 24.6 Å². The molecule has 0 spiro atoms. The molecule has 0 unspecified atom stereocenters. The number of amides is 1. The molecule has 0 radical (unpaired) electrons. The number of nitrogens with zero attached hydrogens (tertiary/aromatic N) is 5. The molecular formula is C14H23N5O2S. The number of tetrazole rings is 1. The molecule has 2 heterocycles. The molecular weight excluding hydrogens is 302 g/mol. The first-order valence-corrected chi connectivity index (χ1v) is 8.85. The summed E-state index contributed by atoms with van der Waals surface area (Å²) in [5, 5.41) is 12.7. The van der Waals surface area contributed by atoms with Gasteiger partial charge in [0.25, 0.3) is 0 Å². The number of rotatable bonds is 4. The molecule has 2 aliphatic rings. The number of hydrogen-bond acceptors (Lipinski definition) is 6. The summed E-state index contributed by atoms with van der Waals surface area (Å²) in [6, 6.07) is 0.396. The van der Waals surface area contributed by atoms with Crippen molar-refractivity contribution in [3.8, 4) is 0 Å². The van der Waals surface area contributed by atoms with Crippen LogP contribution in [0.4, 0.5) is 0 Å². The van der Waals surface area contributed by atoms with Crippen LogP contribution in [0.15, 0.2) is 5.16 Å². The lowest BCUT2D eigenvalue weighted by Crippen LogP contribution is -2.56. The summed E-state index contributed by atoms with van der Waals surface area (Å²) in [5.41, 5.74) is -0.243. The summed E-state index contributed by atoms with van der Waals surface area (Å²) in [5.74, 6) is 0.496. The Morgan fingerprint density at radius 1 is 1.41 bits per heavy atom. The minimum Gasteiger partial charge on any atom is -0.377 e. The Hall–Kier alpha value is -1.15. The lowest BCUT2D eigenvalue weighted by atomic mass is 10.0. The monoisotopic (exact) mass is 325 g/mol. The van der Waals surface area contributed by atoms with Crippen molar-refractivity contribution in [3.05, 3.63) is 0 Å². The molecule has 0 bridgehead atoms. The second-order valence-electron chi connectivity index (χ2n) is 6.54. The summed E-state index contributed by atoms with van der Waals surface area (Å²) < 4.78 is 7.36. The normalized spacial score (nSPS) is 22.2. The van der Waals surface area contributed by atoms with E-state index in [2.05, 4.69) is 15.5 Å². The Labute approximate surface area is 134 Å². The zero-order valence-electron chi connectivity index (χ0n) is 13.2. The van der Waals surface area contributed by atoms with Crippen molar-refractivity contribution in [1.29, 1.82) is 0 Å². The predicted molar refractivity (Wildman–Crippen MR) is 82.7 cm³/mol. The summed E-state index contributed by atoms with van der Waals surface area (Å²) in [6.07, 6.45) is 4.72. The zero-order valence-corrected chi connectivity index (χ0v) is 14.0. The third-order valence-corrected chi connectivity index (χ3v) is 5.32. The molecule has 122 valence electrons. The van der Waals surface area contributed by atoms with Crippen LogP contribution in [-0.4, -0.2) is 62.1 Å². The fourth-order valence-electron chi connectivity index (χ4n) is 3.18. The highest BCUT2D eigenvalue weighted by molar-refractivity contribution is 7.99. The number of aromatic nitrogens is 4. The first kappa shape index (κ1) is 15.7. The molecule has 8 heteroatoms. The molecule has 0 N–H and O–H groups in total. The summed E-state index contributed by atoms with van der Waals surface area (Å²) >= 11 is 1.44. The van der Waals surface area contributed by atoms with Gasteiger partial charge in [-0.25, -0.2) is 4.68 Å². The average Bonchev–Trinajstić information content (AvgIpc) is 3.15. The molecule has 2 fully saturated rings. The van der Waals surface area contributed by atoms with Gasteiger partial charge in [0.05, 0.1) is 30.5 Å². The highest BCUT2D eigenvalue weighted by atomic mass is 32.2. The van der Waals surface area contributed by atoms with Gasteiger partial charge in [-0.3, -0.25) is 4.79 Å². The lowest BCUT2D eigenvalue weighted by molar-refractivity contribution is -0.143. The van der Waals surface area contributed by atoms with Crippen molar-refractivity contribution in [2.24, 2.45) is 0 Å². The SMILES string of the molecule is CC1(C)COCCN1C(=O)CSc1nnnn1C1CCCC1. The molecule has 1 aliphatic heterocycles. The minimum absolute atomic E-state index is 0.124. The molecule has 0 aromatic carbocycles. The maximum absolute atomic E-state index is 12.5. The Morgan fingerprint density at radius 2 is 2.18 bits per heavy atom. The number of carbonyl (C=O) groups is 1. The zero-order chi connectivity index (χ0) is 15.6. The van der Waals surface area contributed by atoms with Crippen LogP contribution < -0.4 is 0 Å². The Bertz CT molecular complexity index is 527. The summed E-state index contributed by atoms with van der Waals surface area (Å²) in [7, 11) is 0. The lowest BCUT2D eigenvalue weighted by Gasteiger charge is -2.42. The van der Waals surface area contributed by atoms with Gasteiger partial charge >= 0.3 is 0 Å². The van der Waals surface area contributed by atoms with Crippen molar-refractivity contribution < 1.29 is 9.53 Å². The van der Waals surface area contributed by atoms with E-state index in [1.807, 2.05) is 23.4 Å². The number of thioether (sulfide) groups is 1. The van der Waals surface area contributed by atoms with Crippen molar-refractivity contribution in [2.75, 3.05) is 25.5 Å². The maximum Gasteiger partial charge on any atom is 0.233 e. The van der Waals surface area contributed by atoms with Crippen LogP contribution in [0.25, 0.3) is 0 Å². The third kappa shape index (κ3) is 3.27. The van der Waals surface area contributed by atoms with Gasteiger partial charge in [0, 0.05) is 6.54 Å². The Kier molecular flexibility index (Phi) is 4.67. The second kappa shape index (κ2) is 6.54. The van der Waals surface area contributed by atoms with E-state index >= 15 is 0 Å². The number of carbonyl (C=O) groups excluding carboxylic acids is 1. The number of morpholine rings is 1. The van der Waals surface area contributed by atoms with E-state index in [0.29, 0.717) is 31.6 Å². The molecule has 1 aromatic rings. The van der Waals surface area contributed by atoms with E-state index < -0.39 is 0 Å². The fraction of sp³-hybridized carbons (Fsp3) is 0.857. The second-order valence-corrected chi connectivity index (χ2v) is 7.49. The molecule has 1 aromatic heterocycles. The van der Waals surface area contributed by atoms with Crippen LogP contribution in [-0.2, 0) is 9.53 Å². The van der Waals surface area contributed by atoms with Crippen molar-refractivity contribution in [3.63, 3.8) is 0 Å². The standard InChI is InChI=1S/C14H23N5O2S/c1-14(2)10-21-8-7-18(14)12(20)9-22-13-15-16-17-19(13)11-5-3-4-6-11/h11H,3-10H2,1-2H3. The van der Waals surface area contributed by atoms with E-state index in [1.165, 1.54) is 24.6 Å². The molecule has 1 saturated carbocycles. The largest absolute Gasteiger partial charge is 0.377 e. The predicted octanol–water partition coefficient (Wildman–Crippen LogP) is 1.52. The van der Waals surface area contributed by atoms with E-state index in [1.54, 1.807) is 0 Å². The number of hydrogen-bond donors (Lipinski definition) is 0. The molecule has 22 heavy (non-hydrogen) atoms. The summed E-state index contributed by atoms with van der Waals surface area (Å²) in [4.78, 5) is 14.4. The van der Waals surface area contributed by atoms with Gasteiger partial charge in [0.15, 0.2) is 0 Å². The number of ether oxygens (including phenoxy) is 1. The Balaban J connectivity index is 1.60. The Morgan fingerprint density at radius 3 is 2.91 bits per heavy atom. The van der Waals surface area contributed by atoms with Gasteiger partial charge in [-0.05, 0) is 37.1 Å². The van der Waals surface area contributed by atoms with E-state index in [4.69, 9.17) is 4.74 Å². The molecule has 1 aliphatic carbocycles. The maximum atomic E-state index is 12.5. The third-order valence-electron chi connectivity index (χ3n) is 4.40. The van der Waals surface area contributed by atoms with Crippen LogP contribution in [0.1, 0.15) is 45.6 Å². The minimum atomic E-state index is -0.243. The molecule has 3 rings (SSSR count). The van der Waals surface area contributed by atoms with Crippen molar-refractivity contribution in [1.82, 2.24) is 25.1 Å². The van der Waals surface area contributed by atoms with Gasteiger partial charge < -0.3 is 9.64 Å². The average molecular weight is 325 g/mol. The first-order valence-electron chi connectivity index (χ1n) is 7.87. The van der Waals surface area contributed by atoms with E-state index in [0.717, 1.165) is 18.0 Å². The smallest absolute Gasteiger partial charge is 0.233 e.